The molecule has 6 heteroatoms. The Bertz CT molecular complexity index is 310. The first-order chi connectivity index (χ1) is 8.68. The molecular formula is C12H21N3O3. The highest BCUT2D eigenvalue weighted by Crippen LogP contribution is 2.19. The zero-order chi connectivity index (χ0) is 13.0. The van der Waals surface area contributed by atoms with Crippen molar-refractivity contribution >= 4 is 11.8 Å². The summed E-state index contributed by atoms with van der Waals surface area (Å²) < 4.78 is 5.24. The summed E-state index contributed by atoms with van der Waals surface area (Å²) in [6.07, 6.45) is 2.70. The van der Waals surface area contributed by atoms with Crippen molar-refractivity contribution in [3.8, 4) is 0 Å². The van der Waals surface area contributed by atoms with E-state index in [0.717, 1.165) is 32.4 Å². The standard InChI is InChI=1S/C12H21N3O3/c13-11(16)7-15(10-2-1-4-14-6-10)12(17)9-3-5-18-8-9/h9-10,14H,1-8H2,(H2,13,16). The molecule has 2 unspecified atom stereocenters. The molecule has 2 aliphatic heterocycles. The molecule has 6 nitrogen and oxygen atoms in total. The lowest BCUT2D eigenvalue weighted by Crippen LogP contribution is -2.53. The number of carbonyl (C=O) groups excluding carboxylic acids is 2. The average molecular weight is 255 g/mol. The third kappa shape index (κ3) is 3.20. The van der Waals surface area contributed by atoms with Crippen LogP contribution in [0.15, 0.2) is 0 Å². The number of nitrogens with two attached hydrogens (primary N) is 1. The maximum Gasteiger partial charge on any atom is 0.237 e. The number of primary amides is 1. The number of nitrogens with zero attached hydrogens (tertiary/aromatic N) is 1. The van der Waals surface area contributed by atoms with Crippen molar-refractivity contribution in [1.29, 1.82) is 0 Å². The van der Waals surface area contributed by atoms with E-state index in [4.69, 9.17) is 10.5 Å². The van der Waals surface area contributed by atoms with Gasteiger partial charge in [0.25, 0.3) is 0 Å². The van der Waals surface area contributed by atoms with Gasteiger partial charge in [0.1, 0.15) is 0 Å². The van der Waals surface area contributed by atoms with Crippen molar-refractivity contribution in [3.63, 3.8) is 0 Å². The molecule has 0 saturated carbocycles. The van der Waals surface area contributed by atoms with E-state index in [-0.39, 0.29) is 24.4 Å². The smallest absolute Gasteiger partial charge is 0.237 e. The topological polar surface area (TPSA) is 84.7 Å². The Labute approximate surface area is 107 Å². The summed E-state index contributed by atoms with van der Waals surface area (Å²) in [4.78, 5) is 25.2. The molecule has 3 N–H and O–H groups in total. The highest BCUT2D eigenvalue weighted by Gasteiger charge is 2.33. The van der Waals surface area contributed by atoms with E-state index in [1.807, 2.05) is 0 Å². The number of rotatable bonds is 4. The minimum absolute atomic E-state index is 0.0139. The number of hydrogen-bond donors (Lipinski definition) is 2. The van der Waals surface area contributed by atoms with E-state index in [2.05, 4.69) is 5.32 Å². The molecule has 0 aliphatic carbocycles. The number of hydrogen-bond acceptors (Lipinski definition) is 4. The summed E-state index contributed by atoms with van der Waals surface area (Å²) in [6.45, 7) is 2.83. The number of piperidine rings is 1. The molecule has 0 aromatic carbocycles. The Morgan fingerprint density at radius 1 is 1.39 bits per heavy atom. The molecule has 0 aromatic heterocycles. The van der Waals surface area contributed by atoms with Crippen LogP contribution in [0, 0.1) is 5.92 Å². The highest BCUT2D eigenvalue weighted by atomic mass is 16.5. The van der Waals surface area contributed by atoms with Gasteiger partial charge in [0.2, 0.25) is 11.8 Å². The molecule has 2 rings (SSSR count). The largest absolute Gasteiger partial charge is 0.381 e. The molecule has 0 spiro atoms. The van der Waals surface area contributed by atoms with E-state index in [9.17, 15) is 9.59 Å². The normalized spacial score (nSPS) is 28.0. The summed E-state index contributed by atoms with van der Waals surface area (Å²) in [7, 11) is 0. The van der Waals surface area contributed by atoms with Crippen LogP contribution in [-0.4, -0.2) is 55.6 Å². The number of carbonyl (C=O) groups is 2. The first kappa shape index (κ1) is 13.3. The van der Waals surface area contributed by atoms with Gasteiger partial charge in [0, 0.05) is 19.2 Å². The van der Waals surface area contributed by atoms with Crippen LogP contribution in [0.4, 0.5) is 0 Å². The molecule has 2 saturated heterocycles. The summed E-state index contributed by atoms with van der Waals surface area (Å²) in [5.74, 6) is -0.542. The number of amides is 2. The Morgan fingerprint density at radius 2 is 2.22 bits per heavy atom. The molecule has 2 heterocycles. The van der Waals surface area contributed by atoms with E-state index < -0.39 is 5.91 Å². The lowest BCUT2D eigenvalue weighted by molar-refractivity contribution is -0.141. The SMILES string of the molecule is NC(=O)CN(C(=O)C1CCOC1)C1CCCNC1. The first-order valence-corrected chi connectivity index (χ1v) is 6.55. The zero-order valence-corrected chi connectivity index (χ0v) is 10.6. The van der Waals surface area contributed by atoms with Crippen LogP contribution >= 0.6 is 0 Å². The molecule has 102 valence electrons. The van der Waals surface area contributed by atoms with Crippen LogP contribution in [0.3, 0.4) is 0 Å². The maximum absolute atomic E-state index is 12.4. The lowest BCUT2D eigenvalue weighted by atomic mass is 10.0. The molecule has 2 atom stereocenters. The van der Waals surface area contributed by atoms with Crippen molar-refractivity contribution in [2.45, 2.75) is 25.3 Å². The Kier molecular flexibility index (Phi) is 4.54. The number of nitrogens with one attached hydrogen (secondary N) is 1. The zero-order valence-electron chi connectivity index (χ0n) is 10.6. The van der Waals surface area contributed by atoms with Crippen LogP contribution in [0.1, 0.15) is 19.3 Å². The second-order valence-corrected chi connectivity index (χ2v) is 4.99. The molecule has 18 heavy (non-hydrogen) atoms. The molecule has 0 aromatic rings. The van der Waals surface area contributed by atoms with E-state index >= 15 is 0 Å². The molecule has 2 fully saturated rings. The van der Waals surface area contributed by atoms with Crippen molar-refractivity contribution in [3.05, 3.63) is 0 Å². The van der Waals surface area contributed by atoms with Gasteiger partial charge in [-0.15, -0.1) is 0 Å². The number of ether oxygens (including phenoxy) is 1. The Morgan fingerprint density at radius 3 is 2.78 bits per heavy atom. The maximum atomic E-state index is 12.4. The van der Waals surface area contributed by atoms with Crippen LogP contribution in [0.5, 0.6) is 0 Å². The minimum atomic E-state index is -0.451. The van der Waals surface area contributed by atoms with Crippen LogP contribution < -0.4 is 11.1 Å². The molecule has 0 bridgehead atoms. The molecular weight excluding hydrogens is 234 g/mol. The summed E-state index contributed by atoms with van der Waals surface area (Å²) in [6, 6.07) is 0.0827. The van der Waals surface area contributed by atoms with Crippen molar-refractivity contribution in [2.24, 2.45) is 11.7 Å². The fraction of sp³-hybridized carbons (Fsp3) is 0.833. The molecule has 2 amide bonds. The van der Waals surface area contributed by atoms with Gasteiger partial charge in [-0.1, -0.05) is 0 Å². The Balaban J connectivity index is 2.02. The van der Waals surface area contributed by atoms with Gasteiger partial charge < -0.3 is 20.7 Å². The lowest BCUT2D eigenvalue weighted by Gasteiger charge is -2.35. The molecule has 2 aliphatic rings. The Hall–Kier alpha value is -1.14. The summed E-state index contributed by atoms with van der Waals surface area (Å²) >= 11 is 0. The van der Waals surface area contributed by atoms with Crippen molar-refractivity contribution in [1.82, 2.24) is 10.2 Å². The predicted octanol–water partition coefficient (Wildman–Crippen LogP) is -0.911. The summed E-state index contributed by atoms with van der Waals surface area (Å²) in [5.41, 5.74) is 5.25. The fourth-order valence-electron chi connectivity index (χ4n) is 2.62. The fourth-order valence-corrected chi connectivity index (χ4v) is 2.62. The van der Waals surface area contributed by atoms with E-state index in [0.29, 0.717) is 13.2 Å². The monoisotopic (exact) mass is 255 g/mol. The van der Waals surface area contributed by atoms with Gasteiger partial charge >= 0.3 is 0 Å². The van der Waals surface area contributed by atoms with Gasteiger partial charge in [-0.05, 0) is 25.8 Å². The predicted molar refractivity (Wildman–Crippen MR) is 65.7 cm³/mol. The van der Waals surface area contributed by atoms with Gasteiger partial charge in [-0.3, -0.25) is 9.59 Å². The van der Waals surface area contributed by atoms with Gasteiger partial charge in [-0.2, -0.15) is 0 Å². The molecule has 0 radical (unpaired) electrons. The first-order valence-electron chi connectivity index (χ1n) is 6.55. The van der Waals surface area contributed by atoms with Gasteiger partial charge in [0.05, 0.1) is 19.1 Å². The van der Waals surface area contributed by atoms with Crippen molar-refractivity contribution < 1.29 is 14.3 Å². The van der Waals surface area contributed by atoms with Crippen LogP contribution in [0.2, 0.25) is 0 Å². The van der Waals surface area contributed by atoms with Crippen molar-refractivity contribution in [2.75, 3.05) is 32.8 Å². The minimum Gasteiger partial charge on any atom is -0.381 e. The third-order valence-electron chi connectivity index (χ3n) is 3.60. The van der Waals surface area contributed by atoms with E-state index in [1.54, 1.807) is 4.90 Å². The third-order valence-corrected chi connectivity index (χ3v) is 3.60. The van der Waals surface area contributed by atoms with E-state index in [1.165, 1.54) is 0 Å². The van der Waals surface area contributed by atoms with Gasteiger partial charge in [-0.25, -0.2) is 0 Å². The highest BCUT2D eigenvalue weighted by molar-refractivity contribution is 5.85. The second kappa shape index (κ2) is 6.15. The van der Waals surface area contributed by atoms with Crippen LogP contribution in [-0.2, 0) is 14.3 Å². The quantitative estimate of drug-likeness (QED) is 0.681. The van der Waals surface area contributed by atoms with Gasteiger partial charge in [0.15, 0.2) is 0 Å². The second-order valence-electron chi connectivity index (χ2n) is 4.99. The summed E-state index contributed by atoms with van der Waals surface area (Å²) in [5, 5.41) is 3.26. The average Bonchev–Trinajstić information content (AvgIpc) is 2.90. The van der Waals surface area contributed by atoms with Crippen LogP contribution in [0.25, 0.3) is 0 Å².